The van der Waals surface area contributed by atoms with Crippen LogP contribution in [-0.4, -0.2) is 120 Å². The highest BCUT2D eigenvalue weighted by molar-refractivity contribution is 5.95. The van der Waals surface area contributed by atoms with Gasteiger partial charge in [0.05, 0.1) is 18.9 Å². The van der Waals surface area contributed by atoms with Crippen molar-refractivity contribution in [1.29, 1.82) is 0 Å². The Kier molecular flexibility index (Phi) is 7.85. The zero-order valence-electron chi connectivity index (χ0n) is 24.1. The SMILES string of the molecule is CN1CCN(C(=O)c2ccc(CN(C)C(=O)N3CCc4c(-c5cnc(N)nc5)nc(N5CCOCC5)nc43)cc2)CC1. The van der Waals surface area contributed by atoms with Crippen molar-refractivity contribution in [2.24, 2.45) is 0 Å². The van der Waals surface area contributed by atoms with E-state index in [1.54, 1.807) is 29.2 Å². The van der Waals surface area contributed by atoms with E-state index in [0.717, 1.165) is 42.9 Å². The van der Waals surface area contributed by atoms with Crippen molar-refractivity contribution in [3.63, 3.8) is 0 Å². The molecule has 3 aliphatic heterocycles. The maximum Gasteiger partial charge on any atom is 0.325 e. The monoisotopic (exact) mass is 572 g/mol. The summed E-state index contributed by atoms with van der Waals surface area (Å²) in [4.78, 5) is 54.3. The Morgan fingerprint density at radius 3 is 2.33 bits per heavy atom. The molecule has 2 N–H and O–H groups in total. The first-order valence-corrected chi connectivity index (χ1v) is 14.3. The lowest BCUT2D eigenvalue weighted by molar-refractivity contribution is 0.0664. The van der Waals surface area contributed by atoms with Crippen molar-refractivity contribution in [2.75, 3.05) is 88.7 Å². The van der Waals surface area contributed by atoms with Crippen LogP contribution in [0.15, 0.2) is 36.7 Å². The van der Waals surface area contributed by atoms with Crippen LogP contribution in [0.3, 0.4) is 0 Å². The molecule has 0 atom stereocenters. The number of rotatable bonds is 5. The minimum atomic E-state index is -0.155. The Balaban J connectivity index is 1.20. The molecule has 0 aliphatic carbocycles. The number of ether oxygens (including phenoxy) is 1. The first-order chi connectivity index (χ1) is 20.4. The molecule has 3 aromatic rings. The molecule has 0 unspecified atom stereocenters. The highest BCUT2D eigenvalue weighted by Gasteiger charge is 2.33. The molecular weight excluding hydrogens is 536 g/mol. The topological polar surface area (TPSA) is 137 Å². The maximum atomic E-state index is 13.8. The van der Waals surface area contributed by atoms with Gasteiger partial charge in [0.15, 0.2) is 0 Å². The largest absolute Gasteiger partial charge is 0.378 e. The number of morpholine rings is 1. The summed E-state index contributed by atoms with van der Waals surface area (Å²) in [6, 6.07) is 7.38. The van der Waals surface area contributed by atoms with E-state index in [4.69, 9.17) is 20.4 Å². The predicted molar refractivity (Wildman–Crippen MR) is 158 cm³/mol. The zero-order chi connectivity index (χ0) is 29.2. The van der Waals surface area contributed by atoms with Gasteiger partial charge < -0.3 is 30.1 Å². The number of nitrogens with zero attached hydrogens (tertiary/aromatic N) is 9. The highest BCUT2D eigenvalue weighted by Crippen LogP contribution is 2.36. The molecule has 2 aromatic heterocycles. The lowest BCUT2D eigenvalue weighted by atomic mass is 10.1. The summed E-state index contributed by atoms with van der Waals surface area (Å²) in [7, 11) is 3.85. The van der Waals surface area contributed by atoms with Crippen molar-refractivity contribution in [2.45, 2.75) is 13.0 Å². The molecule has 13 nitrogen and oxygen atoms in total. The molecular formula is C29H36N10O3. The van der Waals surface area contributed by atoms with E-state index in [0.29, 0.717) is 68.8 Å². The molecule has 1 aromatic carbocycles. The van der Waals surface area contributed by atoms with E-state index in [-0.39, 0.29) is 17.9 Å². The molecule has 0 saturated carbocycles. The average Bonchev–Trinajstić information content (AvgIpc) is 3.45. The Morgan fingerprint density at radius 2 is 1.64 bits per heavy atom. The van der Waals surface area contributed by atoms with Crippen molar-refractivity contribution >= 4 is 29.7 Å². The smallest absolute Gasteiger partial charge is 0.325 e. The van der Waals surface area contributed by atoms with E-state index < -0.39 is 0 Å². The number of piperazine rings is 1. The molecule has 220 valence electrons. The Labute approximate surface area is 244 Å². The number of likely N-dealkylation sites (N-methyl/N-ethyl adjacent to an activating group) is 1. The molecule has 0 bridgehead atoms. The predicted octanol–water partition coefficient (Wildman–Crippen LogP) is 1.35. The molecule has 3 amide bonds. The number of hydrogen-bond donors (Lipinski definition) is 1. The van der Waals surface area contributed by atoms with E-state index in [2.05, 4.69) is 26.8 Å². The average molecular weight is 573 g/mol. The second-order valence-corrected chi connectivity index (χ2v) is 10.9. The fraction of sp³-hybridized carbons (Fsp3) is 0.448. The van der Waals surface area contributed by atoms with Crippen LogP contribution >= 0.6 is 0 Å². The first-order valence-electron chi connectivity index (χ1n) is 14.3. The van der Waals surface area contributed by atoms with Crippen LogP contribution < -0.4 is 15.5 Å². The van der Waals surface area contributed by atoms with Crippen LogP contribution in [0.2, 0.25) is 0 Å². The highest BCUT2D eigenvalue weighted by atomic mass is 16.5. The van der Waals surface area contributed by atoms with Crippen molar-refractivity contribution in [1.82, 2.24) is 34.6 Å². The lowest BCUT2D eigenvalue weighted by Gasteiger charge is -2.32. The molecule has 13 heteroatoms. The van der Waals surface area contributed by atoms with Crippen molar-refractivity contribution in [3.05, 3.63) is 53.3 Å². The van der Waals surface area contributed by atoms with Crippen molar-refractivity contribution in [3.8, 4) is 11.3 Å². The number of anilines is 3. The molecule has 2 saturated heterocycles. The van der Waals surface area contributed by atoms with Crippen molar-refractivity contribution < 1.29 is 14.3 Å². The number of urea groups is 1. The normalized spacial score (nSPS) is 17.3. The van der Waals surface area contributed by atoms with Crippen LogP contribution in [0.5, 0.6) is 0 Å². The number of fused-ring (bicyclic) bond motifs is 1. The summed E-state index contributed by atoms with van der Waals surface area (Å²) in [5.74, 6) is 1.38. The Bertz CT molecular complexity index is 1440. The molecule has 0 spiro atoms. The van der Waals surface area contributed by atoms with Gasteiger partial charge in [-0.3, -0.25) is 9.69 Å². The van der Waals surface area contributed by atoms with Gasteiger partial charge in [-0.2, -0.15) is 4.98 Å². The molecule has 6 rings (SSSR count). The van der Waals surface area contributed by atoms with E-state index in [1.807, 2.05) is 29.2 Å². The fourth-order valence-electron chi connectivity index (χ4n) is 5.53. The summed E-state index contributed by atoms with van der Waals surface area (Å²) in [5, 5.41) is 0. The van der Waals surface area contributed by atoms with E-state index in [9.17, 15) is 9.59 Å². The molecule has 0 radical (unpaired) electrons. The molecule has 3 aliphatic rings. The number of hydrogen-bond acceptors (Lipinski definition) is 10. The van der Waals surface area contributed by atoms with Crippen LogP contribution in [0.4, 0.5) is 22.5 Å². The number of carbonyl (C=O) groups is 2. The summed E-state index contributed by atoms with van der Waals surface area (Å²) in [6.07, 6.45) is 3.92. The van der Waals surface area contributed by atoms with Gasteiger partial charge in [0, 0.05) is 88.5 Å². The van der Waals surface area contributed by atoms with Gasteiger partial charge in [-0.1, -0.05) is 12.1 Å². The maximum absolute atomic E-state index is 13.8. The van der Waals surface area contributed by atoms with Gasteiger partial charge in [-0.05, 0) is 31.2 Å². The summed E-state index contributed by atoms with van der Waals surface area (Å²) < 4.78 is 5.52. The van der Waals surface area contributed by atoms with E-state index >= 15 is 0 Å². The Hall–Kier alpha value is -4.36. The molecule has 2 fully saturated rings. The number of benzene rings is 1. The number of carbonyl (C=O) groups excluding carboxylic acids is 2. The molecule has 5 heterocycles. The zero-order valence-corrected chi connectivity index (χ0v) is 24.1. The summed E-state index contributed by atoms with van der Waals surface area (Å²) >= 11 is 0. The number of aromatic nitrogens is 4. The summed E-state index contributed by atoms with van der Waals surface area (Å²) in [5.41, 5.74) is 9.65. The van der Waals surface area contributed by atoms with Gasteiger partial charge in [-0.15, -0.1) is 0 Å². The van der Waals surface area contributed by atoms with Crippen LogP contribution in [0.1, 0.15) is 21.5 Å². The van der Waals surface area contributed by atoms with Gasteiger partial charge in [0.2, 0.25) is 11.9 Å². The van der Waals surface area contributed by atoms with Gasteiger partial charge >= 0.3 is 6.03 Å². The summed E-state index contributed by atoms with van der Waals surface area (Å²) in [6.45, 7) is 6.61. The first kappa shape index (κ1) is 27.8. The van der Waals surface area contributed by atoms with Crippen LogP contribution in [-0.2, 0) is 17.7 Å². The lowest BCUT2D eigenvalue weighted by Crippen LogP contribution is -2.47. The number of amides is 3. The number of nitrogen functional groups attached to an aromatic ring is 1. The minimum absolute atomic E-state index is 0.0471. The second-order valence-electron chi connectivity index (χ2n) is 10.9. The molecule has 42 heavy (non-hydrogen) atoms. The minimum Gasteiger partial charge on any atom is -0.378 e. The van der Waals surface area contributed by atoms with Gasteiger partial charge in [-0.25, -0.2) is 19.7 Å². The van der Waals surface area contributed by atoms with E-state index in [1.165, 1.54) is 0 Å². The second kappa shape index (κ2) is 11.9. The van der Waals surface area contributed by atoms with Crippen LogP contribution in [0.25, 0.3) is 11.3 Å². The third-order valence-corrected chi connectivity index (χ3v) is 8.02. The van der Waals surface area contributed by atoms with Gasteiger partial charge in [0.25, 0.3) is 5.91 Å². The fourth-order valence-corrected chi connectivity index (χ4v) is 5.53. The third kappa shape index (κ3) is 5.70. The standard InChI is InChI=1S/C29H36N10O3/c1-35-9-11-37(12-10-35)26(40)21-5-3-20(4-6-21)19-36(2)29(41)39-8-7-23-24(22-17-31-27(30)32-18-22)33-28(34-25(23)39)38-13-15-42-16-14-38/h3-6,17-18H,7-16,19H2,1-2H3,(H2,30,31,32). The third-order valence-electron chi connectivity index (χ3n) is 8.02. The Morgan fingerprint density at radius 1 is 0.952 bits per heavy atom. The van der Waals surface area contributed by atoms with Gasteiger partial charge in [0.1, 0.15) is 5.82 Å². The van der Waals surface area contributed by atoms with Crippen LogP contribution in [0, 0.1) is 0 Å². The number of nitrogens with two attached hydrogens (primary N) is 1. The quantitative estimate of drug-likeness (QED) is 0.477.